The monoisotopic (exact) mass is 327 g/mol. The molecule has 2 aliphatic rings. The van der Waals surface area contributed by atoms with Crippen LogP contribution in [0.2, 0.25) is 10.0 Å². The van der Waals surface area contributed by atoms with Crippen LogP contribution in [0.15, 0.2) is 12.1 Å². The topological polar surface area (TPSA) is 58.4 Å². The molecule has 114 valence electrons. The van der Waals surface area contributed by atoms with Gasteiger partial charge >= 0.3 is 0 Å². The Hall–Kier alpha value is -0.970. The maximum atomic E-state index is 12.5. The zero-order chi connectivity index (χ0) is 15.1. The average molecular weight is 328 g/mol. The summed E-state index contributed by atoms with van der Waals surface area (Å²) in [6.07, 6.45) is 3.72. The highest BCUT2D eigenvalue weighted by atomic mass is 35.5. The maximum Gasteiger partial charge on any atom is 0.241 e. The molecule has 1 aliphatic heterocycles. The number of halogens is 2. The van der Waals surface area contributed by atoms with Crippen LogP contribution in [0.5, 0.6) is 0 Å². The van der Waals surface area contributed by atoms with Crippen molar-refractivity contribution in [3.63, 3.8) is 0 Å². The molecule has 6 heteroatoms. The van der Waals surface area contributed by atoms with E-state index in [4.69, 9.17) is 28.9 Å². The van der Waals surface area contributed by atoms with Gasteiger partial charge in [0.25, 0.3) is 0 Å². The number of likely N-dealkylation sites (tertiary alicyclic amines) is 1. The highest BCUT2D eigenvalue weighted by Crippen LogP contribution is 2.39. The summed E-state index contributed by atoms with van der Waals surface area (Å²) in [5, 5.41) is 3.67. The van der Waals surface area contributed by atoms with Crippen LogP contribution in [0.1, 0.15) is 26.2 Å². The van der Waals surface area contributed by atoms with E-state index in [9.17, 15) is 4.79 Å². The van der Waals surface area contributed by atoms with Crippen LogP contribution in [0.3, 0.4) is 0 Å². The third-order valence-electron chi connectivity index (χ3n) is 4.66. The molecule has 2 bridgehead atoms. The predicted molar refractivity (Wildman–Crippen MR) is 86.8 cm³/mol. The van der Waals surface area contributed by atoms with Crippen LogP contribution >= 0.6 is 23.2 Å². The van der Waals surface area contributed by atoms with Crippen LogP contribution < -0.4 is 11.1 Å². The molecule has 0 spiro atoms. The minimum atomic E-state index is -0.175. The van der Waals surface area contributed by atoms with Crippen molar-refractivity contribution >= 4 is 40.5 Å². The number of nitrogens with zero attached hydrogens (tertiary/aromatic N) is 1. The molecular weight excluding hydrogens is 309 g/mol. The van der Waals surface area contributed by atoms with E-state index >= 15 is 0 Å². The third-order valence-corrected chi connectivity index (χ3v) is 5.18. The summed E-state index contributed by atoms with van der Waals surface area (Å²) in [7, 11) is 0. The lowest BCUT2D eigenvalue weighted by Crippen LogP contribution is -2.46. The van der Waals surface area contributed by atoms with Gasteiger partial charge in [-0.2, -0.15) is 0 Å². The Morgan fingerprint density at radius 1 is 1.43 bits per heavy atom. The number of benzene rings is 1. The first-order chi connectivity index (χ1) is 9.95. The van der Waals surface area contributed by atoms with Crippen LogP contribution in [0.4, 0.5) is 11.4 Å². The first-order valence-electron chi connectivity index (χ1n) is 7.27. The van der Waals surface area contributed by atoms with Crippen molar-refractivity contribution in [1.82, 2.24) is 4.90 Å². The zero-order valence-electron chi connectivity index (χ0n) is 11.9. The number of carbonyl (C=O) groups is 1. The maximum absolute atomic E-state index is 12.5. The lowest BCUT2D eigenvalue weighted by atomic mass is 10.1. The highest BCUT2D eigenvalue weighted by molar-refractivity contribution is 6.37. The molecule has 1 aromatic rings. The molecule has 21 heavy (non-hydrogen) atoms. The number of fused-ring (bicyclic) bond motifs is 2. The molecule has 4 nitrogen and oxygen atoms in total. The van der Waals surface area contributed by atoms with Gasteiger partial charge in [-0.3, -0.25) is 9.69 Å². The molecular formula is C15H19Cl2N3O. The molecule has 3 rings (SSSR count). The quantitative estimate of drug-likeness (QED) is 0.836. The molecule has 1 saturated carbocycles. The fraction of sp³-hybridized carbons (Fsp3) is 0.533. The van der Waals surface area contributed by atoms with Gasteiger partial charge in [0.1, 0.15) is 0 Å². The Morgan fingerprint density at radius 2 is 2.19 bits per heavy atom. The van der Waals surface area contributed by atoms with Crippen molar-refractivity contribution < 1.29 is 4.79 Å². The summed E-state index contributed by atoms with van der Waals surface area (Å²) >= 11 is 12.0. The molecule has 1 heterocycles. The van der Waals surface area contributed by atoms with Crippen molar-refractivity contribution in [2.24, 2.45) is 5.92 Å². The molecule has 3 unspecified atom stereocenters. The molecule has 3 N–H and O–H groups in total. The van der Waals surface area contributed by atoms with E-state index in [1.54, 1.807) is 12.1 Å². The number of nitrogens with two attached hydrogens (primary N) is 1. The normalized spacial score (nSPS) is 26.0. The van der Waals surface area contributed by atoms with Gasteiger partial charge in [-0.05, 0) is 44.2 Å². The first kappa shape index (κ1) is 14.9. The van der Waals surface area contributed by atoms with E-state index in [2.05, 4.69) is 10.2 Å². The zero-order valence-corrected chi connectivity index (χ0v) is 13.4. The minimum Gasteiger partial charge on any atom is -0.397 e. The average Bonchev–Trinajstić information content (AvgIpc) is 3.04. The Labute approximate surface area is 134 Å². The molecule has 1 saturated heterocycles. The largest absolute Gasteiger partial charge is 0.397 e. The van der Waals surface area contributed by atoms with E-state index < -0.39 is 0 Å². The lowest BCUT2D eigenvalue weighted by Gasteiger charge is -2.31. The SMILES string of the molecule is CC(C(=O)Nc1c(N)cc(Cl)cc1Cl)N1CC2CCC1C2. The Balaban J connectivity index is 1.72. The Kier molecular flexibility index (Phi) is 4.04. The van der Waals surface area contributed by atoms with Crippen molar-refractivity contribution in [2.45, 2.75) is 38.3 Å². The summed E-state index contributed by atoms with van der Waals surface area (Å²) < 4.78 is 0. The molecule has 0 radical (unpaired) electrons. The summed E-state index contributed by atoms with van der Waals surface area (Å²) in [5.74, 6) is 0.688. The van der Waals surface area contributed by atoms with Crippen LogP contribution in [0, 0.1) is 5.92 Å². The van der Waals surface area contributed by atoms with E-state index in [0.717, 1.165) is 12.5 Å². The Bertz CT molecular complexity index is 555. The molecule has 1 amide bonds. The lowest BCUT2D eigenvalue weighted by molar-refractivity contribution is -0.121. The fourth-order valence-corrected chi connectivity index (χ4v) is 4.10. The summed E-state index contributed by atoms with van der Waals surface area (Å²) in [6.45, 7) is 2.96. The molecule has 0 aromatic heterocycles. The number of piperidine rings is 1. The smallest absolute Gasteiger partial charge is 0.241 e. The standard InChI is InChI=1S/C15H19Cl2N3O/c1-8(20-7-9-2-3-11(20)4-9)15(21)19-14-12(17)5-10(16)6-13(14)18/h5-6,8-9,11H,2-4,7,18H2,1H3,(H,19,21). The predicted octanol–water partition coefficient (Wildman–Crippen LogP) is 3.39. The van der Waals surface area contributed by atoms with Gasteiger partial charge in [-0.1, -0.05) is 23.2 Å². The number of hydrogen-bond donors (Lipinski definition) is 2. The first-order valence-corrected chi connectivity index (χ1v) is 8.02. The number of carbonyl (C=O) groups excluding carboxylic acids is 1. The van der Waals surface area contributed by atoms with Gasteiger partial charge in [-0.15, -0.1) is 0 Å². The summed E-state index contributed by atoms with van der Waals surface area (Å²) in [6, 6.07) is 3.54. The van der Waals surface area contributed by atoms with Gasteiger partial charge in [0.15, 0.2) is 0 Å². The van der Waals surface area contributed by atoms with Crippen LogP contribution in [-0.4, -0.2) is 29.4 Å². The van der Waals surface area contributed by atoms with Crippen LogP contribution in [0.25, 0.3) is 0 Å². The van der Waals surface area contributed by atoms with Crippen molar-refractivity contribution in [2.75, 3.05) is 17.6 Å². The number of amides is 1. The highest BCUT2D eigenvalue weighted by Gasteiger charge is 2.41. The molecule has 2 fully saturated rings. The van der Waals surface area contributed by atoms with Crippen LogP contribution in [-0.2, 0) is 4.79 Å². The summed E-state index contributed by atoms with van der Waals surface area (Å²) in [5.41, 5.74) is 6.72. The third kappa shape index (κ3) is 2.85. The second kappa shape index (κ2) is 5.67. The second-order valence-corrected chi connectivity index (χ2v) is 6.89. The van der Waals surface area contributed by atoms with Gasteiger partial charge in [0.05, 0.1) is 22.4 Å². The molecule has 3 atom stereocenters. The van der Waals surface area contributed by atoms with Gasteiger partial charge in [-0.25, -0.2) is 0 Å². The van der Waals surface area contributed by atoms with E-state index in [1.807, 2.05) is 6.92 Å². The Morgan fingerprint density at radius 3 is 2.76 bits per heavy atom. The molecule has 1 aliphatic carbocycles. The summed E-state index contributed by atoms with van der Waals surface area (Å²) in [4.78, 5) is 14.8. The number of rotatable bonds is 3. The second-order valence-electron chi connectivity index (χ2n) is 6.05. The van der Waals surface area contributed by atoms with Gasteiger partial charge < -0.3 is 11.1 Å². The van der Waals surface area contributed by atoms with Crippen molar-refractivity contribution in [1.29, 1.82) is 0 Å². The number of nitrogen functional groups attached to an aromatic ring is 1. The fourth-order valence-electron chi connectivity index (χ4n) is 3.54. The van der Waals surface area contributed by atoms with Gasteiger partial charge in [0, 0.05) is 17.6 Å². The minimum absolute atomic E-state index is 0.0709. The van der Waals surface area contributed by atoms with E-state index in [0.29, 0.717) is 27.5 Å². The number of anilines is 2. The van der Waals surface area contributed by atoms with E-state index in [-0.39, 0.29) is 11.9 Å². The van der Waals surface area contributed by atoms with Crippen molar-refractivity contribution in [3.05, 3.63) is 22.2 Å². The molecule has 1 aromatic carbocycles. The van der Waals surface area contributed by atoms with E-state index in [1.165, 1.54) is 19.3 Å². The van der Waals surface area contributed by atoms with Crippen molar-refractivity contribution in [3.8, 4) is 0 Å². The number of hydrogen-bond acceptors (Lipinski definition) is 3. The van der Waals surface area contributed by atoms with Gasteiger partial charge in [0.2, 0.25) is 5.91 Å². The number of nitrogens with one attached hydrogen (secondary N) is 1.